The highest BCUT2D eigenvalue weighted by molar-refractivity contribution is 7.18. The maximum absolute atomic E-state index is 12.2. The molecule has 3 aromatic rings. The number of nitrogens with zero attached hydrogens (tertiary/aromatic N) is 2. The molecule has 0 aliphatic rings. The standard InChI is InChI=1S/C16H18N4O2S2/c1-8-9(2)24-16-14(8)15(22)19-12(20-16)4-5-17-13(21)6-11-7-23-10(3)18-11/h7H,4-6H2,1-3H3,(H,17,21)(H,19,20,22). The molecule has 0 aliphatic carbocycles. The lowest BCUT2D eigenvalue weighted by molar-refractivity contribution is -0.120. The molecule has 0 saturated carbocycles. The van der Waals surface area contributed by atoms with Crippen molar-refractivity contribution in [3.05, 3.63) is 42.7 Å². The summed E-state index contributed by atoms with van der Waals surface area (Å²) in [5.41, 5.74) is 1.66. The Bertz CT molecular complexity index is 955. The van der Waals surface area contributed by atoms with Gasteiger partial charge in [-0.25, -0.2) is 9.97 Å². The molecule has 0 aliphatic heterocycles. The molecule has 1 amide bonds. The van der Waals surface area contributed by atoms with Crippen LogP contribution in [-0.4, -0.2) is 27.4 Å². The Morgan fingerprint density at radius 1 is 1.29 bits per heavy atom. The molecule has 0 spiro atoms. The maximum Gasteiger partial charge on any atom is 0.259 e. The molecule has 3 aromatic heterocycles. The summed E-state index contributed by atoms with van der Waals surface area (Å²) >= 11 is 3.06. The zero-order valence-corrected chi connectivity index (χ0v) is 15.4. The number of hydrogen-bond acceptors (Lipinski definition) is 6. The summed E-state index contributed by atoms with van der Waals surface area (Å²) in [5, 5.41) is 6.36. The number of rotatable bonds is 5. The van der Waals surface area contributed by atoms with Gasteiger partial charge in [0.1, 0.15) is 10.7 Å². The number of carbonyl (C=O) groups excluding carboxylic acids is 1. The predicted molar refractivity (Wildman–Crippen MR) is 97.0 cm³/mol. The van der Waals surface area contributed by atoms with Crippen LogP contribution in [0.1, 0.15) is 27.0 Å². The minimum atomic E-state index is -0.110. The number of nitrogens with one attached hydrogen (secondary N) is 2. The molecule has 0 aromatic carbocycles. The van der Waals surface area contributed by atoms with Gasteiger partial charge in [-0.15, -0.1) is 22.7 Å². The number of aromatic amines is 1. The van der Waals surface area contributed by atoms with Gasteiger partial charge >= 0.3 is 0 Å². The highest BCUT2D eigenvalue weighted by atomic mass is 32.1. The Kier molecular flexibility index (Phi) is 4.77. The number of aromatic nitrogens is 3. The third kappa shape index (κ3) is 3.54. The fourth-order valence-electron chi connectivity index (χ4n) is 2.45. The lowest BCUT2D eigenvalue weighted by Gasteiger charge is -2.04. The molecule has 0 radical (unpaired) electrons. The molecule has 8 heteroatoms. The average molecular weight is 362 g/mol. The quantitative estimate of drug-likeness (QED) is 0.729. The molecular weight excluding hydrogens is 344 g/mol. The number of hydrogen-bond donors (Lipinski definition) is 2. The molecule has 126 valence electrons. The summed E-state index contributed by atoms with van der Waals surface area (Å²) in [6, 6.07) is 0. The molecule has 0 bridgehead atoms. The fraction of sp³-hybridized carbons (Fsp3) is 0.375. The molecular formula is C16H18N4O2S2. The van der Waals surface area contributed by atoms with E-state index >= 15 is 0 Å². The van der Waals surface area contributed by atoms with Crippen molar-refractivity contribution < 1.29 is 4.79 Å². The van der Waals surface area contributed by atoms with Crippen molar-refractivity contribution in [2.75, 3.05) is 6.54 Å². The first-order valence-corrected chi connectivity index (χ1v) is 9.30. The van der Waals surface area contributed by atoms with E-state index in [9.17, 15) is 9.59 Å². The van der Waals surface area contributed by atoms with Crippen LogP contribution in [0.4, 0.5) is 0 Å². The van der Waals surface area contributed by atoms with Gasteiger partial charge in [-0.05, 0) is 26.3 Å². The van der Waals surface area contributed by atoms with Crippen molar-refractivity contribution in [1.82, 2.24) is 20.3 Å². The van der Waals surface area contributed by atoms with Crippen molar-refractivity contribution in [3.8, 4) is 0 Å². The number of amides is 1. The summed E-state index contributed by atoms with van der Waals surface area (Å²) in [5.74, 6) is 0.519. The van der Waals surface area contributed by atoms with Gasteiger partial charge in [-0.2, -0.15) is 0 Å². The molecule has 6 nitrogen and oxygen atoms in total. The second-order valence-corrected chi connectivity index (χ2v) is 7.88. The largest absolute Gasteiger partial charge is 0.355 e. The van der Waals surface area contributed by atoms with Crippen molar-refractivity contribution in [2.24, 2.45) is 0 Å². The van der Waals surface area contributed by atoms with E-state index in [1.807, 2.05) is 26.2 Å². The summed E-state index contributed by atoms with van der Waals surface area (Å²) in [6.45, 7) is 6.27. The van der Waals surface area contributed by atoms with E-state index in [4.69, 9.17) is 0 Å². The van der Waals surface area contributed by atoms with E-state index in [2.05, 4.69) is 20.3 Å². The van der Waals surface area contributed by atoms with E-state index in [1.165, 1.54) is 22.7 Å². The van der Waals surface area contributed by atoms with Gasteiger partial charge < -0.3 is 10.3 Å². The predicted octanol–water partition coefficient (Wildman–Crippen LogP) is 2.27. The smallest absolute Gasteiger partial charge is 0.259 e. The summed E-state index contributed by atoms with van der Waals surface area (Å²) in [4.78, 5) is 37.5. The minimum Gasteiger partial charge on any atom is -0.355 e. The number of aryl methyl sites for hydroxylation is 3. The first-order valence-electron chi connectivity index (χ1n) is 7.60. The van der Waals surface area contributed by atoms with E-state index < -0.39 is 0 Å². The number of H-pyrrole nitrogens is 1. The lowest BCUT2D eigenvalue weighted by atomic mass is 10.2. The number of carbonyl (C=O) groups is 1. The Hall–Kier alpha value is -2.06. The van der Waals surface area contributed by atoms with Gasteiger partial charge in [-0.1, -0.05) is 0 Å². The molecule has 2 N–H and O–H groups in total. The van der Waals surface area contributed by atoms with E-state index in [1.54, 1.807) is 0 Å². The normalized spacial score (nSPS) is 11.1. The van der Waals surface area contributed by atoms with E-state index in [0.717, 1.165) is 26.0 Å². The van der Waals surface area contributed by atoms with E-state index in [0.29, 0.717) is 24.2 Å². The van der Waals surface area contributed by atoms with Gasteiger partial charge in [0.15, 0.2) is 0 Å². The van der Waals surface area contributed by atoms with Crippen LogP contribution in [0, 0.1) is 20.8 Å². The van der Waals surface area contributed by atoms with Crippen LogP contribution >= 0.6 is 22.7 Å². The Morgan fingerprint density at radius 2 is 2.08 bits per heavy atom. The summed E-state index contributed by atoms with van der Waals surface area (Å²) < 4.78 is 0. The fourth-order valence-corrected chi connectivity index (χ4v) is 4.12. The highest BCUT2D eigenvalue weighted by Crippen LogP contribution is 2.25. The Labute approximate surface area is 147 Å². The van der Waals surface area contributed by atoms with Gasteiger partial charge in [0.05, 0.1) is 22.5 Å². The van der Waals surface area contributed by atoms with Gasteiger partial charge in [0, 0.05) is 23.2 Å². The summed E-state index contributed by atoms with van der Waals surface area (Å²) in [6.07, 6.45) is 0.764. The number of fused-ring (bicyclic) bond motifs is 1. The zero-order valence-electron chi connectivity index (χ0n) is 13.7. The third-order valence-corrected chi connectivity index (χ3v) is 5.70. The average Bonchev–Trinajstić information content (AvgIpc) is 3.03. The topological polar surface area (TPSA) is 87.7 Å². The van der Waals surface area contributed by atoms with Crippen LogP contribution in [0.15, 0.2) is 10.2 Å². The SMILES string of the molecule is Cc1nc(CC(=O)NCCc2nc3sc(C)c(C)c3c(=O)[nH]2)cs1. The molecule has 0 atom stereocenters. The van der Waals surface area contributed by atoms with Crippen LogP contribution < -0.4 is 10.9 Å². The minimum absolute atomic E-state index is 0.0773. The monoisotopic (exact) mass is 362 g/mol. The molecule has 0 saturated heterocycles. The van der Waals surface area contributed by atoms with Crippen LogP contribution in [0.5, 0.6) is 0 Å². The van der Waals surface area contributed by atoms with Gasteiger partial charge in [-0.3, -0.25) is 9.59 Å². The number of thiazole rings is 1. The second kappa shape index (κ2) is 6.82. The van der Waals surface area contributed by atoms with Gasteiger partial charge in [0.2, 0.25) is 5.91 Å². The van der Waals surface area contributed by atoms with Gasteiger partial charge in [0.25, 0.3) is 5.56 Å². The van der Waals surface area contributed by atoms with Crippen molar-refractivity contribution in [2.45, 2.75) is 33.6 Å². The van der Waals surface area contributed by atoms with Crippen molar-refractivity contribution in [1.29, 1.82) is 0 Å². The maximum atomic E-state index is 12.2. The molecule has 0 fully saturated rings. The highest BCUT2D eigenvalue weighted by Gasteiger charge is 2.12. The third-order valence-electron chi connectivity index (χ3n) is 3.78. The summed E-state index contributed by atoms with van der Waals surface area (Å²) in [7, 11) is 0. The van der Waals surface area contributed by atoms with Crippen LogP contribution in [0.25, 0.3) is 10.2 Å². The Morgan fingerprint density at radius 3 is 2.79 bits per heavy atom. The second-order valence-electron chi connectivity index (χ2n) is 5.61. The molecule has 3 heterocycles. The Balaban J connectivity index is 1.61. The van der Waals surface area contributed by atoms with Crippen LogP contribution in [-0.2, 0) is 17.6 Å². The lowest BCUT2D eigenvalue weighted by Crippen LogP contribution is -2.28. The first kappa shape index (κ1) is 16.8. The van der Waals surface area contributed by atoms with E-state index in [-0.39, 0.29) is 17.9 Å². The first-order chi connectivity index (χ1) is 11.4. The van der Waals surface area contributed by atoms with Crippen molar-refractivity contribution in [3.63, 3.8) is 0 Å². The van der Waals surface area contributed by atoms with Crippen LogP contribution in [0.2, 0.25) is 0 Å². The number of thiophene rings is 1. The molecule has 0 unspecified atom stereocenters. The zero-order chi connectivity index (χ0) is 17.3. The molecule has 24 heavy (non-hydrogen) atoms. The van der Waals surface area contributed by atoms with Crippen molar-refractivity contribution >= 4 is 38.8 Å². The molecule has 3 rings (SSSR count). The van der Waals surface area contributed by atoms with Crippen LogP contribution in [0.3, 0.4) is 0 Å².